The number of aromatic hydroxyl groups is 1. The van der Waals surface area contributed by atoms with Crippen LogP contribution in [0.15, 0.2) is 47.7 Å². The molecule has 0 aliphatic heterocycles. The zero-order valence-corrected chi connectivity index (χ0v) is 11.6. The normalized spacial score (nSPS) is 10.4. The first-order chi connectivity index (χ1) is 10.7. The van der Waals surface area contributed by atoms with Gasteiger partial charge in [-0.15, -0.1) is 0 Å². The molecule has 0 aliphatic rings. The lowest BCUT2D eigenvalue weighted by molar-refractivity contribution is 0.396. The first-order valence-electron chi connectivity index (χ1n) is 6.42. The molecule has 110 valence electrons. The van der Waals surface area contributed by atoms with Crippen molar-refractivity contribution < 1.29 is 9.84 Å². The van der Waals surface area contributed by atoms with Crippen LogP contribution in [0.25, 0.3) is 22.6 Å². The molecule has 7 nitrogen and oxygen atoms in total. The lowest BCUT2D eigenvalue weighted by Gasteiger charge is -2.05. The predicted octanol–water partition coefficient (Wildman–Crippen LogP) is 1.61. The fourth-order valence-electron chi connectivity index (χ4n) is 1.95. The first kappa shape index (κ1) is 13.7. The van der Waals surface area contributed by atoms with E-state index in [0.29, 0.717) is 23.0 Å². The summed E-state index contributed by atoms with van der Waals surface area (Å²) in [5.41, 5.74) is 1.55. The Kier molecular flexibility index (Phi) is 3.53. The van der Waals surface area contributed by atoms with Crippen LogP contribution in [0.3, 0.4) is 0 Å². The molecule has 0 atom stereocenters. The average molecular weight is 296 g/mol. The smallest absolute Gasteiger partial charge is 0.293 e. The van der Waals surface area contributed by atoms with Crippen LogP contribution in [0.1, 0.15) is 0 Å². The van der Waals surface area contributed by atoms with Crippen molar-refractivity contribution in [3.05, 3.63) is 53.2 Å². The number of aromatic nitrogens is 4. The number of hydrogen-bond acceptors (Lipinski definition) is 6. The second-order valence-corrected chi connectivity index (χ2v) is 4.47. The maximum Gasteiger partial charge on any atom is 0.293 e. The Bertz CT molecular complexity index is 876. The van der Waals surface area contributed by atoms with Crippen molar-refractivity contribution in [1.29, 1.82) is 0 Å². The third-order valence-electron chi connectivity index (χ3n) is 3.03. The monoisotopic (exact) mass is 296 g/mol. The van der Waals surface area contributed by atoms with Crippen molar-refractivity contribution in [2.75, 3.05) is 7.11 Å². The van der Waals surface area contributed by atoms with Crippen molar-refractivity contribution in [3.63, 3.8) is 0 Å². The average Bonchev–Trinajstić information content (AvgIpc) is 2.57. The zero-order valence-electron chi connectivity index (χ0n) is 11.6. The fraction of sp³-hybridized carbons (Fsp3) is 0.0667. The number of hydrogen-bond donors (Lipinski definition) is 2. The van der Waals surface area contributed by atoms with E-state index in [1.54, 1.807) is 12.3 Å². The highest BCUT2D eigenvalue weighted by atomic mass is 16.5. The van der Waals surface area contributed by atoms with E-state index in [2.05, 4.69) is 19.9 Å². The summed E-state index contributed by atoms with van der Waals surface area (Å²) in [5.74, 6) is 0.359. The van der Waals surface area contributed by atoms with Gasteiger partial charge < -0.3 is 14.8 Å². The van der Waals surface area contributed by atoms with Gasteiger partial charge in [0.15, 0.2) is 5.75 Å². The van der Waals surface area contributed by atoms with Gasteiger partial charge in [-0.25, -0.2) is 9.97 Å². The number of nitrogens with one attached hydrogen (secondary N) is 1. The fourth-order valence-corrected chi connectivity index (χ4v) is 1.95. The molecular formula is C15H12N4O3. The third-order valence-corrected chi connectivity index (χ3v) is 3.03. The number of methoxy groups -OCH3 is 1. The summed E-state index contributed by atoms with van der Waals surface area (Å²) in [7, 11) is 1.52. The number of H-pyrrole nitrogens is 1. The minimum absolute atomic E-state index is 0.362. The number of aromatic amines is 1. The SMILES string of the molecule is COc1cncc(-c2cccc(-c3ncc(O)c(=O)[nH]3)c2)n1. The molecule has 0 bridgehead atoms. The van der Waals surface area contributed by atoms with E-state index in [4.69, 9.17) is 4.74 Å². The molecule has 0 saturated heterocycles. The van der Waals surface area contributed by atoms with Gasteiger partial charge in [0.2, 0.25) is 5.88 Å². The molecule has 0 unspecified atom stereocenters. The van der Waals surface area contributed by atoms with Crippen LogP contribution >= 0.6 is 0 Å². The molecular weight excluding hydrogens is 284 g/mol. The zero-order chi connectivity index (χ0) is 15.5. The van der Waals surface area contributed by atoms with Gasteiger partial charge in [-0.2, -0.15) is 0 Å². The van der Waals surface area contributed by atoms with Crippen LogP contribution in [0.4, 0.5) is 0 Å². The summed E-state index contributed by atoms with van der Waals surface area (Å²) in [6, 6.07) is 7.30. The molecule has 0 saturated carbocycles. The Morgan fingerprint density at radius 1 is 1.18 bits per heavy atom. The highest BCUT2D eigenvalue weighted by Gasteiger charge is 2.07. The number of rotatable bonds is 3. The van der Waals surface area contributed by atoms with Crippen molar-refractivity contribution in [3.8, 4) is 34.3 Å². The molecule has 2 aromatic heterocycles. The van der Waals surface area contributed by atoms with Crippen molar-refractivity contribution in [2.24, 2.45) is 0 Å². The van der Waals surface area contributed by atoms with Crippen LogP contribution in [0.2, 0.25) is 0 Å². The van der Waals surface area contributed by atoms with E-state index in [9.17, 15) is 9.90 Å². The van der Waals surface area contributed by atoms with Gasteiger partial charge >= 0.3 is 0 Å². The minimum Gasteiger partial charge on any atom is -0.502 e. The van der Waals surface area contributed by atoms with Crippen LogP contribution < -0.4 is 10.3 Å². The molecule has 0 fully saturated rings. The lowest BCUT2D eigenvalue weighted by atomic mass is 10.1. The van der Waals surface area contributed by atoms with Crippen molar-refractivity contribution in [2.45, 2.75) is 0 Å². The Morgan fingerprint density at radius 2 is 2.00 bits per heavy atom. The lowest BCUT2D eigenvalue weighted by Crippen LogP contribution is -2.07. The summed E-state index contributed by atoms with van der Waals surface area (Å²) >= 11 is 0. The van der Waals surface area contributed by atoms with Crippen LogP contribution in [-0.4, -0.2) is 32.2 Å². The Balaban J connectivity index is 2.05. The molecule has 0 aliphatic carbocycles. The van der Waals surface area contributed by atoms with Crippen molar-refractivity contribution >= 4 is 0 Å². The minimum atomic E-state index is -0.587. The summed E-state index contributed by atoms with van der Waals surface area (Å²) in [6.07, 6.45) is 4.26. The molecule has 2 heterocycles. The molecule has 3 rings (SSSR count). The third kappa shape index (κ3) is 2.64. The van der Waals surface area contributed by atoms with E-state index in [1.165, 1.54) is 13.3 Å². The van der Waals surface area contributed by atoms with Gasteiger partial charge in [0.25, 0.3) is 5.56 Å². The number of ether oxygens (including phenoxy) is 1. The Morgan fingerprint density at radius 3 is 2.77 bits per heavy atom. The highest BCUT2D eigenvalue weighted by molar-refractivity contribution is 5.67. The molecule has 22 heavy (non-hydrogen) atoms. The molecule has 1 aromatic carbocycles. The summed E-state index contributed by atoms with van der Waals surface area (Å²) in [6.45, 7) is 0. The largest absolute Gasteiger partial charge is 0.502 e. The second-order valence-electron chi connectivity index (χ2n) is 4.47. The molecule has 0 amide bonds. The van der Waals surface area contributed by atoms with Gasteiger partial charge in [-0.05, 0) is 6.07 Å². The van der Waals surface area contributed by atoms with E-state index in [1.807, 2.05) is 18.2 Å². The van der Waals surface area contributed by atoms with E-state index < -0.39 is 11.3 Å². The molecule has 2 N–H and O–H groups in total. The molecule has 0 spiro atoms. The van der Waals surface area contributed by atoms with E-state index in [-0.39, 0.29) is 0 Å². The molecule has 0 radical (unpaired) electrons. The number of nitrogens with zero attached hydrogens (tertiary/aromatic N) is 3. The highest BCUT2D eigenvalue weighted by Crippen LogP contribution is 2.23. The molecule has 3 aromatic rings. The van der Waals surface area contributed by atoms with Gasteiger partial charge in [-0.1, -0.05) is 18.2 Å². The van der Waals surface area contributed by atoms with E-state index in [0.717, 1.165) is 11.8 Å². The standard InChI is InChI=1S/C15H12N4O3/c1-22-13-8-16-6-11(18-13)9-3-2-4-10(5-9)14-17-7-12(20)15(21)19-14/h2-8,20H,1H3,(H,17,19,21). The molecule has 7 heteroatoms. The second kappa shape index (κ2) is 5.65. The van der Waals surface area contributed by atoms with Gasteiger partial charge in [0.1, 0.15) is 5.82 Å². The van der Waals surface area contributed by atoms with Gasteiger partial charge in [0.05, 0.1) is 31.4 Å². The maximum atomic E-state index is 11.5. The Labute approximate surface area is 125 Å². The number of benzene rings is 1. The predicted molar refractivity (Wildman–Crippen MR) is 79.5 cm³/mol. The van der Waals surface area contributed by atoms with Crippen LogP contribution in [0.5, 0.6) is 11.6 Å². The van der Waals surface area contributed by atoms with Crippen LogP contribution in [0, 0.1) is 0 Å². The summed E-state index contributed by atoms with van der Waals surface area (Å²) in [5, 5.41) is 9.24. The summed E-state index contributed by atoms with van der Waals surface area (Å²) in [4.78, 5) is 26.4. The van der Waals surface area contributed by atoms with Crippen LogP contribution in [-0.2, 0) is 0 Å². The quantitative estimate of drug-likeness (QED) is 0.761. The Hall–Kier alpha value is -3.22. The van der Waals surface area contributed by atoms with Gasteiger partial charge in [-0.3, -0.25) is 9.78 Å². The van der Waals surface area contributed by atoms with Gasteiger partial charge in [0, 0.05) is 11.1 Å². The van der Waals surface area contributed by atoms with E-state index >= 15 is 0 Å². The first-order valence-corrected chi connectivity index (χ1v) is 6.42. The maximum absolute atomic E-state index is 11.5. The van der Waals surface area contributed by atoms with Crippen molar-refractivity contribution in [1.82, 2.24) is 19.9 Å². The summed E-state index contributed by atoms with van der Waals surface area (Å²) < 4.78 is 5.06. The topological polar surface area (TPSA) is 101 Å².